The Morgan fingerprint density at radius 3 is 2.74 bits per heavy atom. The van der Waals surface area contributed by atoms with Crippen LogP contribution in [0.4, 0.5) is 0 Å². The third kappa shape index (κ3) is 5.65. The quantitative estimate of drug-likeness (QED) is 0.317. The van der Waals surface area contributed by atoms with E-state index in [2.05, 4.69) is 5.32 Å². The van der Waals surface area contributed by atoms with E-state index in [1.54, 1.807) is 19.9 Å². The van der Waals surface area contributed by atoms with Crippen molar-refractivity contribution < 1.29 is 34.0 Å². The van der Waals surface area contributed by atoms with Gasteiger partial charge in [0.25, 0.3) is 0 Å². The molecule has 4 aliphatic rings. The minimum Gasteiger partial charge on any atom is -0.456 e. The number of carbonyl (C=O) groups excluding carboxylic acids is 2. The molecule has 0 aromatic carbocycles. The fraction of sp³-hybridized carbons (Fsp3) is 0.846. The van der Waals surface area contributed by atoms with Crippen LogP contribution < -0.4 is 11.1 Å². The first-order chi connectivity index (χ1) is 16.6. The maximum Gasteiger partial charge on any atom is 0.333 e. The van der Waals surface area contributed by atoms with Crippen molar-refractivity contribution in [1.29, 1.82) is 0 Å². The largest absolute Gasteiger partial charge is 0.456 e. The van der Waals surface area contributed by atoms with Crippen molar-refractivity contribution in [2.45, 2.75) is 108 Å². The number of hydrogen-bond acceptors (Lipinski definition) is 9. The van der Waals surface area contributed by atoms with Crippen LogP contribution in [-0.4, -0.2) is 77.4 Å². The summed E-state index contributed by atoms with van der Waals surface area (Å²) >= 11 is 0. The second-order valence-corrected chi connectivity index (χ2v) is 11.1. The number of nitrogens with one attached hydrogen (secondary N) is 1. The van der Waals surface area contributed by atoms with Gasteiger partial charge in [-0.2, -0.15) is 0 Å². The van der Waals surface area contributed by atoms with Crippen molar-refractivity contribution in [3.05, 3.63) is 11.6 Å². The van der Waals surface area contributed by atoms with E-state index in [9.17, 15) is 19.8 Å². The normalized spacial score (nSPS) is 44.3. The predicted molar refractivity (Wildman–Crippen MR) is 128 cm³/mol. The van der Waals surface area contributed by atoms with Gasteiger partial charge in [-0.25, -0.2) is 4.79 Å². The molecule has 4 rings (SSSR count). The van der Waals surface area contributed by atoms with Gasteiger partial charge in [-0.3, -0.25) is 4.79 Å². The summed E-state index contributed by atoms with van der Waals surface area (Å²) in [6, 6.07) is 0. The lowest BCUT2D eigenvalue weighted by Gasteiger charge is -2.54. The number of esters is 1. The second kappa shape index (κ2) is 10.9. The lowest BCUT2D eigenvalue weighted by molar-refractivity contribution is -0.264. The predicted octanol–water partition coefficient (Wildman–Crippen LogP) is 1.19. The van der Waals surface area contributed by atoms with Crippen molar-refractivity contribution in [3.63, 3.8) is 0 Å². The second-order valence-electron chi connectivity index (χ2n) is 11.1. The summed E-state index contributed by atoms with van der Waals surface area (Å²) < 4.78 is 18.6. The van der Waals surface area contributed by atoms with Crippen LogP contribution in [0.15, 0.2) is 11.6 Å². The molecule has 35 heavy (non-hydrogen) atoms. The maximum absolute atomic E-state index is 12.8. The summed E-state index contributed by atoms with van der Waals surface area (Å²) in [5, 5.41) is 24.1. The zero-order chi connectivity index (χ0) is 25.3. The fourth-order valence-corrected chi connectivity index (χ4v) is 6.31. The van der Waals surface area contributed by atoms with E-state index in [0.29, 0.717) is 30.8 Å². The molecule has 9 heteroatoms. The molecular weight excluding hydrogens is 452 g/mol. The topological polar surface area (TPSA) is 140 Å². The van der Waals surface area contributed by atoms with E-state index in [4.69, 9.17) is 19.9 Å². The minimum atomic E-state index is -0.941. The maximum atomic E-state index is 12.8. The van der Waals surface area contributed by atoms with Gasteiger partial charge < -0.3 is 35.5 Å². The van der Waals surface area contributed by atoms with Crippen LogP contribution >= 0.6 is 0 Å². The standard InChI is InChI=1S/C26H42N2O7/c1-4-14(2)25(32)34-21-10-17-19(11-20-23(24(17)31)18(30)9-16(13-29)33-20)35-26(21,3)8-7-15-5-6-22(27)28-12-15/h4,15-17,19-24,28-29,31H,5-13,27H2,1-3H3. The fourth-order valence-electron chi connectivity index (χ4n) is 6.31. The highest BCUT2D eigenvalue weighted by atomic mass is 16.6. The highest BCUT2D eigenvalue weighted by Gasteiger charge is 2.57. The molecule has 3 aliphatic heterocycles. The van der Waals surface area contributed by atoms with Crippen LogP contribution in [0.1, 0.15) is 65.7 Å². The van der Waals surface area contributed by atoms with Gasteiger partial charge in [0.2, 0.25) is 0 Å². The van der Waals surface area contributed by atoms with Gasteiger partial charge in [-0.05, 0) is 65.3 Å². The van der Waals surface area contributed by atoms with Crippen molar-refractivity contribution in [2.24, 2.45) is 23.5 Å². The van der Waals surface area contributed by atoms with Gasteiger partial charge in [0, 0.05) is 24.3 Å². The molecule has 1 saturated carbocycles. The minimum absolute atomic E-state index is 0.0451. The number of hydrogen-bond donors (Lipinski definition) is 4. The number of rotatable bonds is 6. The van der Waals surface area contributed by atoms with E-state index in [0.717, 1.165) is 25.8 Å². The number of fused-ring (bicyclic) bond motifs is 2. The summed E-state index contributed by atoms with van der Waals surface area (Å²) in [6.45, 7) is 6.14. The first kappa shape index (κ1) is 26.7. The molecular formula is C26H42N2O7. The molecule has 1 aliphatic carbocycles. The summed E-state index contributed by atoms with van der Waals surface area (Å²) in [5.41, 5.74) is 5.77. The van der Waals surface area contributed by atoms with Crippen LogP contribution in [0.2, 0.25) is 0 Å². The van der Waals surface area contributed by atoms with Gasteiger partial charge in [0.1, 0.15) is 17.5 Å². The number of aliphatic hydroxyl groups excluding tert-OH is 2. The van der Waals surface area contributed by atoms with Gasteiger partial charge in [0.15, 0.2) is 0 Å². The van der Waals surface area contributed by atoms with Crippen molar-refractivity contribution >= 4 is 11.8 Å². The zero-order valence-corrected chi connectivity index (χ0v) is 21.2. The van der Waals surface area contributed by atoms with Gasteiger partial charge in [0.05, 0.1) is 43.1 Å². The SMILES string of the molecule is CC=C(C)C(=O)OC1CC2C(CC3OC(CO)CC(=O)C3C2O)OC1(C)CCC1CCC(N)NC1. The number of piperidine rings is 1. The first-order valence-electron chi connectivity index (χ1n) is 13.1. The van der Waals surface area contributed by atoms with E-state index in [1.807, 2.05) is 6.92 Å². The van der Waals surface area contributed by atoms with Gasteiger partial charge in [-0.15, -0.1) is 0 Å². The number of ether oxygens (including phenoxy) is 3. The summed E-state index contributed by atoms with van der Waals surface area (Å²) in [7, 11) is 0. The summed E-state index contributed by atoms with van der Waals surface area (Å²) in [4.78, 5) is 25.5. The average Bonchev–Trinajstić information content (AvgIpc) is 2.83. The lowest BCUT2D eigenvalue weighted by Crippen LogP contribution is -2.64. The molecule has 5 N–H and O–H groups in total. The molecule has 198 valence electrons. The van der Waals surface area contributed by atoms with Crippen LogP contribution in [0.25, 0.3) is 0 Å². The third-order valence-corrected chi connectivity index (χ3v) is 8.72. The molecule has 0 spiro atoms. The van der Waals surface area contributed by atoms with Crippen LogP contribution in [0.3, 0.4) is 0 Å². The highest BCUT2D eigenvalue weighted by molar-refractivity contribution is 5.87. The Morgan fingerprint density at radius 2 is 2.09 bits per heavy atom. The van der Waals surface area contributed by atoms with Crippen LogP contribution in [-0.2, 0) is 23.8 Å². The monoisotopic (exact) mass is 494 g/mol. The number of Topliss-reactive ketones (excluding diaryl/α,β-unsaturated/α-hetero) is 1. The Morgan fingerprint density at radius 1 is 1.31 bits per heavy atom. The van der Waals surface area contributed by atoms with E-state index in [-0.39, 0.29) is 43.0 Å². The summed E-state index contributed by atoms with van der Waals surface area (Å²) in [5.74, 6) is -0.978. The molecule has 0 radical (unpaired) electrons. The van der Waals surface area contributed by atoms with Crippen molar-refractivity contribution in [1.82, 2.24) is 5.32 Å². The van der Waals surface area contributed by atoms with Crippen molar-refractivity contribution in [3.8, 4) is 0 Å². The molecule has 0 aromatic rings. The van der Waals surface area contributed by atoms with E-state index >= 15 is 0 Å². The Kier molecular flexibility index (Phi) is 8.35. The Labute approximate surface area is 207 Å². The van der Waals surface area contributed by atoms with Gasteiger partial charge in [-0.1, -0.05) is 6.08 Å². The van der Waals surface area contributed by atoms with Crippen LogP contribution in [0, 0.1) is 17.8 Å². The number of aliphatic hydroxyl groups is 2. The van der Waals surface area contributed by atoms with E-state index < -0.39 is 35.9 Å². The molecule has 10 unspecified atom stereocenters. The zero-order valence-electron chi connectivity index (χ0n) is 21.2. The third-order valence-electron chi connectivity index (χ3n) is 8.72. The molecule has 0 bridgehead atoms. The van der Waals surface area contributed by atoms with Crippen molar-refractivity contribution in [2.75, 3.05) is 13.2 Å². The molecule has 9 nitrogen and oxygen atoms in total. The Bertz CT molecular complexity index is 812. The average molecular weight is 495 g/mol. The highest BCUT2D eigenvalue weighted by Crippen LogP contribution is 2.48. The van der Waals surface area contributed by atoms with Crippen LogP contribution in [0.5, 0.6) is 0 Å². The molecule has 3 heterocycles. The smallest absolute Gasteiger partial charge is 0.333 e. The number of allylic oxidation sites excluding steroid dienone is 1. The number of carbonyl (C=O) groups is 2. The first-order valence-corrected chi connectivity index (χ1v) is 13.1. The summed E-state index contributed by atoms with van der Waals surface area (Å²) in [6.07, 6.45) is 3.52. The lowest BCUT2D eigenvalue weighted by atomic mass is 9.66. The molecule has 0 amide bonds. The molecule has 3 saturated heterocycles. The van der Waals surface area contributed by atoms with E-state index in [1.165, 1.54) is 0 Å². The molecule has 10 atom stereocenters. The molecule has 0 aromatic heterocycles. The Hall–Kier alpha value is -1.36. The number of nitrogens with two attached hydrogens (primary N) is 1. The van der Waals surface area contributed by atoms with Gasteiger partial charge >= 0.3 is 5.97 Å². The Balaban J connectivity index is 1.52. The number of ketones is 1. The molecule has 4 fully saturated rings.